The molecule has 0 saturated heterocycles. The molecule has 1 aromatic rings. The van der Waals surface area contributed by atoms with E-state index in [-0.39, 0.29) is 5.02 Å². The summed E-state index contributed by atoms with van der Waals surface area (Å²) in [5, 5.41) is 18.8. The summed E-state index contributed by atoms with van der Waals surface area (Å²) in [6.07, 6.45) is 0. The van der Waals surface area contributed by atoms with Crippen molar-refractivity contribution >= 4 is 37.0 Å². The Balaban J connectivity index is 3.71. The molecule has 84 valence electrons. The second-order valence-electron chi connectivity index (χ2n) is 2.61. The zero-order chi connectivity index (χ0) is 12.5. The summed E-state index contributed by atoms with van der Waals surface area (Å²) in [4.78, 5) is 8.95. The molecule has 0 aliphatic heterocycles. The average Bonchev–Trinajstić information content (AvgIpc) is 2.14. The first-order valence-electron chi connectivity index (χ1n) is 3.60. The number of rotatable bonds is 2. The lowest BCUT2D eigenvalue weighted by atomic mass is 10.2. The monoisotopic (exact) mass is 280 g/mol. The summed E-state index contributed by atoms with van der Waals surface area (Å²) in [5.74, 6) is 0. The molecule has 0 bridgehead atoms. The van der Waals surface area contributed by atoms with Crippen LogP contribution >= 0.6 is 22.3 Å². The van der Waals surface area contributed by atoms with Crippen molar-refractivity contribution in [2.75, 3.05) is 0 Å². The maximum Gasteiger partial charge on any atom is 0.272 e. The highest BCUT2D eigenvalue weighted by molar-refractivity contribution is 8.13. The van der Waals surface area contributed by atoms with E-state index >= 15 is 0 Å². The van der Waals surface area contributed by atoms with Crippen LogP contribution in [0, 0.1) is 21.4 Å². The molecule has 0 heterocycles. The molecule has 0 aromatic heterocycles. The van der Waals surface area contributed by atoms with Crippen molar-refractivity contribution in [1.29, 1.82) is 5.26 Å². The molecule has 0 N–H and O–H groups in total. The van der Waals surface area contributed by atoms with Crippen molar-refractivity contribution in [1.82, 2.24) is 0 Å². The number of non-ortho nitro benzene ring substituents is 1. The van der Waals surface area contributed by atoms with Gasteiger partial charge < -0.3 is 0 Å². The van der Waals surface area contributed by atoms with Crippen LogP contribution in [0.2, 0.25) is 5.02 Å². The van der Waals surface area contributed by atoms with Gasteiger partial charge in [0.1, 0.15) is 11.0 Å². The molecular weight excluding hydrogens is 279 g/mol. The van der Waals surface area contributed by atoms with E-state index in [4.69, 9.17) is 27.5 Å². The van der Waals surface area contributed by atoms with E-state index in [0.29, 0.717) is 6.07 Å². The van der Waals surface area contributed by atoms with Crippen LogP contribution in [0.25, 0.3) is 0 Å². The molecule has 0 aliphatic rings. The first-order chi connectivity index (χ1) is 7.27. The Labute approximate surface area is 99.6 Å². The minimum Gasteiger partial charge on any atom is -0.258 e. The van der Waals surface area contributed by atoms with Gasteiger partial charge >= 0.3 is 0 Å². The summed E-state index contributed by atoms with van der Waals surface area (Å²) >= 11 is 5.53. The van der Waals surface area contributed by atoms with Gasteiger partial charge in [-0.1, -0.05) is 11.6 Å². The smallest absolute Gasteiger partial charge is 0.258 e. The van der Waals surface area contributed by atoms with E-state index in [9.17, 15) is 18.5 Å². The Morgan fingerprint density at radius 2 is 2.00 bits per heavy atom. The standard InChI is InChI=1S/C7H2Cl2N2O4S/c8-6-1-4(11(12)13)2-7(5(6)3-10)16(9,14)15/h1-2H. The van der Waals surface area contributed by atoms with Crippen LogP contribution in [-0.2, 0) is 9.05 Å². The number of nitro groups is 1. The number of hydrogen-bond acceptors (Lipinski definition) is 5. The second-order valence-corrected chi connectivity index (χ2v) is 5.55. The summed E-state index contributed by atoms with van der Waals surface area (Å²) in [6, 6.07) is 3.09. The van der Waals surface area contributed by atoms with Crippen LogP contribution in [0.15, 0.2) is 17.0 Å². The maximum absolute atomic E-state index is 11.1. The van der Waals surface area contributed by atoms with Gasteiger partial charge in [0.25, 0.3) is 14.7 Å². The number of benzene rings is 1. The van der Waals surface area contributed by atoms with Crippen molar-refractivity contribution in [2.24, 2.45) is 0 Å². The van der Waals surface area contributed by atoms with E-state index < -0.39 is 30.1 Å². The first kappa shape index (κ1) is 12.7. The topological polar surface area (TPSA) is 101 Å². The number of nitro benzene ring substituents is 1. The zero-order valence-electron chi connectivity index (χ0n) is 7.35. The maximum atomic E-state index is 11.1. The van der Waals surface area contributed by atoms with Crippen LogP contribution in [0.5, 0.6) is 0 Å². The molecule has 0 aliphatic carbocycles. The van der Waals surface area contributed by atoms with E-state index in [2.05, 4.69) is 0 Å². The van der Waals surface area contributed by atoms with Crippen LogP contribution in [0.1, 0.15) is 5.56 Å². The summed E-state index contributed by atoms with van der Waals surface area (Å²) in [7, 11) is 0.768. The van der Waals surface area contributed by atoms with Crippen molar-refractivity contribution in [3.8, 4) is 6.07 Å². The van der Waals surface area contributed by atoms with Crippen LogP contribution in [-0.4, -0.2) is 13.3 Å². The van der Waals surface area contributed by atoms with Crippen molar-refractivity contribution in [2.45, 2.75) is 4.90 Å². The summed E-state index contributed by atoms with van der Waals surface area (Å²) < 4.78 is 22.1. The zero-order valence-corrected chi connectivity index (χ0v) is 9.67. The highest BCUT2D eigenvalue weighted by Crippen LogP contribution is 2.30. The highest BCUT2D eigenvalue weighted by atomic mass is 35.7. The molecule has 0 atom stereocenters. The van der Waals surface area contributed by atoms with Gasteiger partial charge in [-0.15, -0.1) is 0 Å². The van der Waals surface area contributed by atoms with Crippen LogP contribution in [0.3, 0.4) is 0 Å². The lowest BCUT2D eigenvalue weighted by molar-refractivity contribution is -0.385. The molecule has 1 aromatic carbocycles. The van der Waals surface area contributed by atoms with E-state index in [1.807, 2.05) is 0 Å². The van der Waals surface area contributed by atoms with Gasteiger partial charge in [-0.05, 0) is 0 Å². The normalized spacial score (nSPS) is 10.8. The number of nitriles is 1. The predicted octanol–water partition coefficient (Wildman–Crippen LogP) is 2.05. The second kappa shape index (κ2) is 4.25. The largest absolute Gasteiger partial charge is 0.272 e. The molecule has 6 nitrogen and oxygen atoms in total. The van der Waals surface area contributed by atoms with Gasteiger partial charge in [-0.2, -0.15) is 5.26 Å². The van der Waals surface area contributed by atoms with Gasteiger partial charge in [0, 0.05) is 22.8 Å². The Hall–Kier alpha value is -1.36. The number of nitrogens with zero attached hydrogens (tertiary/aromatic N) is 2. The number of hydrogen-bond donors (Lipinski definition) is 0. The minimum atomic E-state index is -4.26. The van der Waals surface area contributed by atoms with E-state index in [1.54, 1.807) is 0 Å². The lowest BCUT2D eigenvalue weighted by Crippen LogP contribution is -1.99. The Bertz CT molecular complexity index is 606. The molecule has 0 unspecified atom stereocenters. The molecule has 0 spiro atoms. The molecule has 0 saturated carbocycles. The third kappa shape index (κ3) is 2.41. The fourth-order valence-corrected chi connectivity index (χ4v) is 2.31. The number of halogens is 2. The van der Waals surface area contributed by atoms with Gasteiger partial charge in [0.2, 0.25) is 0 Å². The first-order valence-corrected chi connectivity index (χ1v) is 6.29. The van der Waals surface area contributed by atoms with Crippen molar-refractivity contribution in [3.05, 3.63) is 32.8 Å². The Morgan fingerprint density at radius 1 is 1.44 bits per heavy atom. The third-order valence-electron chi connectivity index (χ3n) is 1.62. The molecule has 16 heavy (non-hydrogen) atoms. The lowest BCUT2D eigenvalue weighted by Gasteiger charge is -2.01. The van der Waals surface area contributed by atoms with Crippen molar-refractivity contribution < 1.29 is 13.3 Å². The molecule has 0 radical (unpaired) electrons. The molecule has 0 fully saturated rings. The van der Waals surface area contributed by atoms with Crippen molar-refractivity contribution in [3.63, 3.8) is 0 Å². The van der Waals surface area contributed by atoms with Crippen LogP contribution < -0.4 is 0 Å². The van der Waals surface area contributed by atoms with E-state index in [0.717, 1.165) is 6.07 Å². The quantitative estimate of drug-likeness (QED) is 0.469. The fourth-order valence-electron chi connectivity index (χ4n) is 0.974. The minimum absolute atomic E-state index is 0.337. The highest BCUT2D eigenvalue weighted by Gasteiger charge is 2.23. The SMILES string of the molecule is N#Cc1c(Cl)cc([N+](=O)[O-])cc1S(=O)(=O)Cl. The fraction of sp³-hybridized carbons (Fsp3) is 0. The average molecular weight is 281 g/mol. The molecule has 9 heteroatoms. The summed E-state index contributed by atoms with van der Waals surface area (Å²) in [6.45, 7) is 0. The molecule has 0 amide bonds. The summed E-state index contributed by atoms with van der Waals surface area (Å²) in [5.41, 5.74) is -0.967. The van der Waals surface area contributed by atoms with Gasteiger partial charge in [0.05, 0.1) is 15.5 Å². The van der Waals surface area contributed by atoms with Crippen LogP contribution in [0.4, 0.5) is 5.69 Å². The van der Waals surface area contributed by atoms with Gasteiger partial charge in [0.15, 0.2) is 0 Å². The van der Waals surface area contributed by atoms with Gasteiger partial charge in [-0.3, -0.25) is 10.1 Å². The predicted molar refractivity (Wildman–Crippen MR) is 55.9 cm³/mol. The third-order valence-corrected chi connectivity index (χ3v) is 3.27. The van der Waals surface area contributed by atoms with Gasteiger partial charge in [-0.25, -0.2) is 8.42 Å². The Kier molecular flexibility index (Phi) is 3.38. The Morgan fingerprint density at radius 3 is 2.38 bits per heavy atom. The van der Waals surface area contributed by atoms with E-state index in [1.165, 1.54) is 6.07 Å². The molecule has 1 rings (SSSR count). The molecular formula is C7H2Cl2N2O4S.